The van der Waals surface area contributed by atoms with Crippen LogP contribution in [0.2, 0.25) is 0 Å². The van der Waals surface area contributed by atoms with Crippen LogP contribution < -0.4 is 5.32 Å². The van der Waals surface area contributed by atoms with Gasteiger partial charge in [0.15, 0.2) is 0 Å². The van der Waals surface area contributed by atoms with E-state index in [9.17, 15) is 13.6 Å². The van der Waals surface area contributed by atoms with Crippen molar-refractivity contribution in [3.63, 3.8) is 0 Å². The van der Waals surface area contributed by atoms with Crippen LogP contribution in [-0.2, 0) is 4.79 Å². The lowest BCUT2D eigenvalue weighted by molar-refractivity contribution is -0.117. The Labute approximate surface area is 132 Å². The minimum absolute atomic E-state index is 0.0227. The zero-order valence-corrected chi connectivity index (χ0v) is 12.4. The Balaban J connectivity index is 2.19. The van der Waals surface area contributed by atoms with E-state index in [4.69, 9.17) is 5.26 Å². The maximum atomic E-state index is 13.6. The van der Waals surface area contributed by atoms with E-state index in [2.05, 4.69) is 5.32 Å². The van der Waals surface area contributed by atoms with Gasteiger partial charge in [-0.3, -0.25) is 4.79 Å². The Hall–Kier alpha value is -3.00. The summed E-state index contributed by atoms with van der Waals surface area (Å²) in [5.41, 5.74) is 0.606. The number of amides is 1. The van der Waals surface area contributed by atoms with Gasteiger partial charge in [0.05, 0.1) is 6.04 Å². The molecule has 0 fully saturated rings. The van der Waals surface area contributed by atoms with Crippen molar-refractivity contribution in [1.29, 1.82) is 5.26 Å². The Morgan fingerprint density at radius 2 is 1.91 bits per heavy atom. The zero-order valence-electron chi connectivity index (χ0n) is 12.4. The Bertz CT molecular complexity index is 779. The monoisotopic (exact) mass is 312 g/mol. The van der Waals surface area contributed by atoms with E-state index in [1.165, 1.54) is 6.07 Å². The molecule has 0 unspecified atom stereocenters. The molecule has 0 saturated heterocycles. The van der Waals surface area contributed by atoms with Crippen molar-refractivity contribution >= 4 is 12.0 Å². The van der Waals surface area contributed by atoms with E-state index in [1.807, 2.05) is 30.3 Å². The minimum atomic E-state index is -0.832. The van der Waals surface area contributed by atoms with Gasteiger partial charge in [0.1, 0.15) is 23.3 Å². The fraction of sp³-hybridized carbons (Fsp3) is 0.111. The molecule has 5 heteroatoms. The van der Waals surface area contributed by atoms with Gasteiger partial charge in [0.25, 0.3) is 5.91 Å². The lowest BCUT2D eigenvalue weighted by atomic mass is 10.1. The van der Waals surface area contributed by atoms with Gasteiger partial charge in [-0.25, -0.2) is 8.78 Å². The molecule has 116 valence electrons. The van der Waals surface area contributed by atoms with E-state index < -0.39 is 17.5 Å². The molecule has 0 aliphatic rings. The lowest BCUT2D eigenvalue weighted by Crippen LogP contribution is -2.27. The largest absolute Gasteiger partial charge is 0.345 e. The standard InChI is InChI=1S/C18H14F2N2O/c1-12(13-5-3-2-4-6-13)22-18(23)15(11-21)9-14-7-8-16(19)10-17(14)20/h2-10,12H,1H3,(H,22,23)/b15-9+/t12-/m0/s1. The second-order valence-corrected chi connectivity index (χ2v) is 4.94. The molecule has 3 nitrogen and oxygen atoms in total. The molecule has 0 bridgehead atoms. The Morgan fingerprint density at radius 1 is 1.22 bits per heavy atom. The number of halogens is 2. The first-order chi connectivity index (χ1) is 11.0. The van der Waals surface area contributed by atoms with Crippen LogP contribution in [0.25, 0.3) is 6.08 Å². The summed E-state index contributed by atoms with van der Waals surface area (Å²) in [6, 6.07) is 13.6. The third-order valence-corrected chi connectivity index (χ3v) is 3.27. The number of carbonyl (C=O) groups excluding carboxylic acids is 1. The molecule has 0 saturated carbocycles. The highest BCUT2D eigenvalue weighted by Gasteiger charge is 2.14. The van der Waals surface area contributed by atoms with E-state index in [0.29, 0.717) is 6.07 Å². The van der Waals surface area contributed by atoms with Gasteiger partial charge >= 0.3 is 0 Å². The minimum Gasteiger partial charge on any atom is -0.345 e. The number of benzene rings is 2. The van der Waals surface area contributed by atoms with Crippen molar-refractivity contribution in [2.24, 2.45) is 0 Å². The summed E-state index contributed by atoms with van der Waals surface area (Å²) in [6.45, 7) is 1.78. The zero-order chi connectivity index (χ0) is 16.8. The number of nitrogens with one attached hydrogen (secondary N) is 1. The van der Waals surface area contributed by atoms with Crippen LogP contribution in [0.15, 0.2) is 54.1 Å². The molecule has 0 aliphatic carbocycles. The average molecular weight is 312 g/mol. The van der Waals surface area contributed by atoms with Crippen LogP contribution in [0.3, 0.4) is 0 Å². The molecule has 2 rings (SSSR count). The van der Waals surface area contributed by atoms with E-state index >= 15 is 0 Å². The quantitative estimate of drug-likeness (QED) is 0.690. The number of carbonyl (C=O) groups is 1. The summed E-state index contributed by atoms with van der Waals surface area (Å²) in [4.78, 5) is 12.1. The van der Waals surface area contributed by atoms with Crippen molar-refractivity contribution in [3.8, 4) is 6.07 Å². The van der Waals surface area contributed by atoms with Crippen molar-refractivity contribution in [1.82, 2.24) is 5.32 Å². The second-order valence-electron chi connectivity index (χ2n) is 4.94. The summed E-state index contributed by atoms with van der Waals surface area (Å²) >= 11 is 0. The van der Waals surface area contributed by atoms with E-state index in [1.54, 1.807) is 13.0 Å². The molecule has 0 radical (unpaired) electrons. The van der Waals surface area contributed by atoms with Gasteiger partial charge in [-0.2, -0.15) is 5.26 Å². The van der Waals surface area contributed by atoms with Crippen LogP contribution >= 0.6 is 0 Å². The van der Waals surface area contributed by atoms with Crippen LogP contribution in [0.5, 0.6) is 0 Å². The first-order valence-corrected chi connectivity index (χ1v) is 6.94. The predicted molar refractivity (Wildman–Crippen MR) is 82.9 cm³/mol. The van der Waals surface area contributed by atoms with Crippen molar-refractivity contribution < 1.29 is 13.6 Å². The summed E-state index contributed by atoms with van der Waals surface area (Å²) < 4.78 is 26.5. The highest BCUT2D eigenvalue weighted by atomic mass is 19.1. The Morgan fingerprint density at radius 3 is 2.52 bits per heavy atom. The van der Waals surface area contributed by atoms with Gasteiger partial charge in [-0.1, -0.05) is 30.3 Å². The summed E-state index contributed by atoms with van der Waals surface area (Å²) in [5.74, 6) is -2.17. The molecule has 0 aliphatic heterocycles. The van der Waals surface area contributed by atoms with Gasteiger partial charge in [-0.05, 0) is 30.7 Å². The topological polar surface area (TPSA) is 52.9 Å². The molecule has 2 aromatic rings. The normalized spacial score (nSPS) is 12.3. The maximum Gasteiger partial charge on any atom is 0.262 e. The van der Waals surface area contributed by atoms with Gasteiger partial charge in [0, 0.05) is 11.6 Å². The summed E-state index contributed by atoms with van der Waals surface area (Å²) in [6.07, 6.45) is 1.10. The summed E-state index contributed by atoms with van der Waals surface area (Å²) in [7, 11) is 0. The molecule has 1 atom stereocenters. The molecule has 1 amide bonds. The van der Waals surface area contributed by atoms with Crippen molar-refractivity contribution in [2.75, 3.05) is 0 Å². The van der Waals surface area contributed by atoms with Crippen LogP contribution in [-0.4, -0.2) is 5.91 Å². The lowest BCUT2D eigenvalue weighted by Gasteiger charge is -2.13. The smallest absolute Gasteiger partial charge is 0.262 e. The predicted octanol–water partition coefficient (Wildman–Crippen LogP) is 3.75. The third kappa shape index (κ3) is 4.24. The van der Waals surface area contributed by atoms with E-state index in [-0.39, 0.29) is 17.2 Å². The van der Waals surface area contributed by atoms with Gasteiger partial charge in [0.2, 0.25) is 0 Å². The van der Waals surface area contributed by atoms with Crippen molar-refractivity contribution in [2.45, 2.75) is 13.0 Å². The molecule has 2 aromatic carbocycles. The average Bonchev–Trinajstić information content (AvgIpc) is 2.54. The molecule has 0 spiro atoms. The highest BCUT2D eigenvalue weighted by Crippen LogP contribution is 2.15. The SMILES string of the molecule is C[C@H](NC(=O)/C(C#N)=C/c1ccc(F)cc1F)c1ccccc1. The maximum absolute atomic E-state index is 13.6. The molecule has 1 N–H and O–H groups in total. The molecule has 23 heavy (non-hydrogen) atoms. The fourth-order valence-corrected chi connectivity index (χ4v) is 2.02. The van der Waals surface area contributed by atoms with Crippen molar-refractivity contribution in [3.05, 3.63) is 76.9 Å². The van der Waals surface area contributed by atoms with Crippen LogP contribution in [0.1, 0.15) is 24.1 Å². The first kappa shape index (κ1) is 16.4. The molecular formula is C18H14F2N2O. The molecular weight excluding hydrogens is 298 g/mol. The molecule has 0 heterocycles. The summed E-state index contributed by atoms with van der Waals surface area (Å²) in [5, 5.41) is 11.8. The first-order valence-electron chi connectivity index (χ1n) is 6.94. The van der Waals surface area contributed by atoms with Crippen LogP contribution in [0, 0.1) is 23.0 Å². The number of nitrogens with zero attached hydrogens (tertiary/aromatic N) is 1. The number of hydrogen-bond acceptors (Lipinski definition) is 2. The second kappa shape index (κ2) is 7.32. The van der Waals surface area contributed by atoms with Crippen LogP contribution in [0.4, 0.5) is 8.78 Å². The fourth-order valence-electron chi connectivity index (χ4n) is 2.02. The van der Waals surface area contributed by atoms with Gasteiger partial charge < -0.3 is 5.32 Å². The number of nitriles is 1. The number of rotatable bonds is 4. The van der Waals surface area contributed by atoms with Gasteiger partial charge in [-0.15, -0.1) is 0 Å². The molecule has 0 aromatic heterocycles. The highest BCUT2D eigenvalue weighted by molar-refractivity contribution is 6.01. The third-order valence-electron chi connectivity index (χ3n) is 3.27. The number of hydrogen-bond donors (Lipinski definition) is 1. The Kier molecular flexibility index (Phi) is 5.21. The van der Waals surface area contributed by atoms with E-state index in [0.717, 1.165) is 17.7 Å².